The Morgan fingerprint density at radius 3 is 2.71 bits per heavy atom. The minimum Gasteiger partial charge on any atom is -0.383 e. The summed E-state index contributed by atoms with van der Waals surface area (Å²) in [5.74, 6) is 0. The minimum atomic E-state index is 0.569. The fraction of sp³-hybridized carbons (Fsp3) is 0.182. The zero-order valence-electron chi connectivity index (χ0n) is 8.16. The van der Waals surface area contributed by atoms with Crippen molar-refractivity contribution in [3.05, 3.63) is 36.0 Å². The molecule has 0 saturated heterocycles. The minimum absolute atomic E-state index is 0.569. The first-order valence-electron chi connectivity index (χ1n) is 4.40. The van der Waals surface area contributed by atoms with E-state index in [-0.39, 0.29) is 0 Å². The van der Waals surface area contributed by atoms with Crippen molar-refractivity contribution in [3.8, 4) is 0 Å². The van der Waals surface area contributed by atoms with Gasteiger partial charge in [-0.05, 0) is 6.07 Å². The summed E-state index contributed by atoms with van der Waals surface area (Å²) in [6.45, 7) is 0. The molecular weight excluding hydrogens is 196 g/mol. The molecule has 1 aliphatic heterocycles. The second kappa shape index (κ2) is 3.46. The normalized spacial score (nSPS) is 16.8. The van der Waals surface area contributed by atoms with E-state index in [0.717, 1.165) is 16.8 Å². The van der Waals surface area contributed by atoms with Crippen LogP contribution in [0.15, 0.2) is 35.5 Å². The van der Waals surface area contributed by atoms with Gasteiger partial charge in [-0.1, -0.05) is 29.8 Å². The van der Waals surface area contributed by atoms with Crippen molar-refractivity contribution in [2.45, 2.75) is 0 Å². The van der Waals surface area contributed by atoms with Crippen LogP contribution < -0.4 is 0 Å². The van der Waals surface area contributed by atoms with Crippen molar-refractivity contribution in [2.75, 3.05) is 14.1 Å². The lowest BCUT2D eigenvalue weighted by Gasteiger charge is -2.07. The van der Waals surface area contributed by atoms with Crippen LogP contribution in [0.3, 0.4) is 0 Å². The summed E-state index contributed by atoms with van der Waals surface area (Å²) in [6.07, 6.45) is 1.98. The third-order valence-electron chi connectivity index (χ3n) is 2.02. The number of rotatable bonds is 1. The molecule has 0 saturated carbocycles. The average molecular weight is 207 g/mol. The predicted octanol–water partition coefficient (Wildman–Crippen LogP) is 2.87. The maximum absolute atomic E-state index is 6.04. The van der Waals surface area contributed by atoms with Crippen molar-refractivity contribution < 1.29 is 0 Å². The molecular formula is C11H11ClN2. The Labute approximate surface area is 88.5 Å². The number of halogens is 1. The molecule has 2 rings (SSSR count). The smallest absolute Gasteiger partial charge is 0.139 e. The van der Waals surface area contributed by atoms with E-state index in [4.69, 9.17) is 11.6 Å². The van der Waals surface area contributed by atoms with Gasteiger partial charge in [0.25, 0.3) is 0 Å². The van der Waals surface area contributed by atoms with Gasteiger partial charge in [0.1, 0.15) is 5.17 Å². The van der Waals surface area contributed by atoms with Gasteiger partial charge >= 0.3 is 0 Å². The number of hydrogen-bond donors (Lipinski definition) is 0. The van der Waals surface area contributed by atoms with Gasteiger partial charge in [0.2, 0.25) is 0 Å². The average Bonchev–Trinajstić information content (AvgIpc) is 2.43. The summed E-state index contributed by atoms with van der Waals surface area (Å²) in [4.78, 5) is 6.24. The molecule has 0 bridgehead atoms. The van der Waals surface area contributed by atoms with E-state index in [1.54, 1.807) is 0 Å². The first-order chi connectivity index (χ1) is 6.68. The zero-order valence-corrected chi connectivity index (χ0v) is 8.92. The monoisotopic (exact) mass is 206 g/mol. The molecule has 0 N–H and O–H groups in total. The molecule has 0 amide bonds. The van der Waals surface area contributed by atoms with Gasteiger partial charge in [-0.3, -0.25) is 0 Å². The van der Waals surface area contributed by atoms with Gasteiger partial charge in [-0.15, -0.1) is 0 Å². The second-order valence-corrected chi connectivity index (χ2v) is 3.78. The molecule has 0 fully saturated rings. The molecule has 0 unspecified atom stereocenters. The van der Waals surface area contributed by atoms with Gasteiger partial charge < -0.3 is 4.90 Å². The van der Waals surface area contributed by atoms with Crippen molar-refractivity contribution in [2.24, 2.45) is 4.99 Å². The maximum Gasteiger partial charge on any atom is 0.139 e. The lowest BCUT2D eigenvalue weighted by Crippen LogP contribution is -2.03. The van der Waals surface area contributed by atoms with Crippen molar-refractivity contribution in [3.63, 3.8) is 0 Å². The Bertz CT molecular complexity index is 419. The molecule has 14 heavy (non-hydrogen) atoms. The fourth-order valence-electron chi connectivity index (χ4n) is 1.46. The number of benzene rings is 1. The summed E-state index contributed by atoms with van der Waals surface area (Å²) in [7, 11) is 3.94. The largest absolute Gasteiger partial charge is 0.383 e. The molecule has 1 heterocycles. The quantitative estimate of drug-likeness (QED) is 0.690. The molecule has 0 aromatic heterocycles. The molecule has 3 heteroatoms. The van der Waals surface area contributed by atoms with Gasteiger partial charge in [0, 0.05) is 31.4 Å². The Kier molecular flexibility index (Phi) is 2.30. The molecule has 0 aliphatic carbocycles. The highest BCUT2D eigenvalue weighted by Gasteiger charge is 2.18. The highest BCUT2D eigenvalue weighted by atomic mass is 35.5. The standard InChI is InChI=1S/C11H11ClN2/c1-14(2)7-9-8-5-3-4-6-10(8)13-11(9)12/h3-7H,1-2H3/b9-7+. The van der Waals surface area contributed by atoms with Gasteiger partial charge in [0.15, 0.2) is 0 Å². The molecule has 1 aliphatic rings. The fourth-order valence-corrected chi connectivity index (χ4v) is 1.70. The highest BCUT2D eigenvalue weighted by Crippen LogP contribution is 2.35. The third-order valence-corrected chi connectivity index (χ3v) is 2.31. The topological polar surface area (TPSA) is 15.6 Å². The molecule has 1 aromatic carbocycles. The number of hydrogen-bond acceptors (Lipinski definition) is 2. The second-order valence-electron chi connectivity index (χ2n) is 3.43. The van der Waals surface area contributed by atoms with Crippen LogP contribution in [-0.4, -0.2) is 24.2 Å². The summed E-state index contributed by atoms with van der Waals surface area (Å²) in [5, 5.41) is 0.569. The molecule has 72 valence electrons. The third kappa shape index (κ3) is 1.53. The van der Waals surface area contributed by atoms with Crippen LogP contribution >= 0.6 is 11.6 Å². The summed E-state index contributed by atoms with van der Waals surface area (Å²) in [5.41, 5.74) is 3.05. The lowest BCUT2D eigenvalue weighted by molar-refractivity contribution is 0.566. The molecule has 1 aromatic rings. The van der Waals surface area contributed by atoms with Crippen LogP contribution in [0.2, 0.25) is 0 Å². The lowest BCUT2D eigenvalue weighted by atomic mass is 10.1. The number of allylic oxidation sites excluding steroid dienone is 1. The SMILES string of the molecule is CN(C)/C=C1/C(Cl)=Nc2ccccc21. The Hall–Kier alpha value is -1.28. The van der Waals surface area contributed by atoms with Crippen LogP contribution in [-0.2, 0) is 0 Å². The summed E-state index contributed by atoms with van der Waals surface area (Å²) >= 11 is 6.04. The predicted molar refractivity (Wildman–Crippen MR) is 61.1 cm³/mol. The zero-order chi connectivity index (χ0) is 10.1. The molecule has 0 spiro atoms. The van der Waals surface area contributed by atoms with Gasteiger partial charge in [-0.2, -0.15) is 0 Å². The molecule has 2 nitrogen and oxygen atoms in total. The Balaban J connectivity index is 2.52. The Morgan fingerprint density at radius 2 is 2.00 bits per heavy atom. The van der Waals surface area contributed by atoms with E-state index in [0.29, 0.717) is 5.17 Å². The van der Waals surface area contributed by atoms with Crippen LogP contribution in [0.25, 0.3) is 5.57 Å². The number of fused-ring (bicyclic) bond motifs is 1. The van der Waals surface area contributed by atoms with Crippen molar-refractivity contribution >= 4 is 28.0 Å². The number of nitrogens with zero attached hydrogens (tertiary/aromatic N) is 2. The van der Waals surface area contributed by atoms with E-state index >= 15 is 0 Å². The van der Waals surface area contributed by atoms with Crippen LogP contribution in [0, 0.1) is 0 Å². The van der Waals surface area contributed by atoms with E-state index in [1.807, 2.05) is 49.5 Å². The van der Waals surface area contributed by atoms with E-state index in [1.165, 1.54) is 0 Å². The summed E-state index contributed by atoms with van der Waals surface area (Å²) < 4.78 is 0. The Morgan fingerprint density at radius 1 is 1.29 bits per heavy atom. The first-order valence-corrected chi connectivity index (χ1v) is 4.78. The molecule has 0 radical (unpaired) electrons. The maximum atomic E-state index is 6.04. The van der Waals surface area contributed by atoms with Crippen LogP contribution in [0.5, 0.6) is 0 Å². The van der Waals surface area contributed by atoms with Gasteiger partial charge in [-0.25, -0.2) is 4.99 Å². The van der Waals surface area contributed by atoms with E-state index in [2.05, 4.69) is 4.99 Å². The van der Waals surface area contributed by atoms with Crippen molar-refractivity contribution in [1.29, 1.82) is 0 Å². The number of aliphatic imine (C=N–C) groups is 1. The highest BCUT2D eigenvalue weighted by molar-refractivity contribution is 6.77. The van der Waals surface area contributed by atoms with E-state index in [9.17, 15) is 0 Å². The molecule has 0 atom stereocenters. The first kappa shape index (κ1) is 9.28. The number of para-hydroxylation sites is 1. The van der Waals surface area contributed by atoms with Crippen LogP contribution in [0.4, 0.5) is 5.69 Å². The van der Waals surface area contributed by atoms with Gasteiger partial charge in [0.05, 0.1) is 5.69 Å². The van der Waals surface area contributed by atoms with Crippen molar-refractivity contribution in [1.82, 2.24) is 4.90 Å². The summed E-state index contributed by atoms with van der Waals surface area (Å²) in [6, 6.07) is 7.95. The van der Waals surface area contributed by atoms with E-state index < -0.39 is 0 Å². The van der Waals surface area contributed by atoms with Crippen LogP contribution in [0.1, 0.15) is 5.56 Å².